The summed E-state index contributed by atoms with van der Waals surface area (Å²) >= 11 is 4.90. The molecule has 0 aromatic heterocycles. The number of halogens is 4. The first-order valence-corrected chi connectivity index (χ1v) is 8.48. The van der Waals surface area contributed by atoms with Gasteiger partial charge >= 0.3 is 6.18 Å². The highest BCUT2D eigenvalue weighted by atomic mass is 79.9. The van der Waals surface area contributed by atoms with Gasteiger partial charge in [-0.3, -0.25) is 4.79 Å². The van der Waals surface area contributed by atoms with Gasteiger partial charge in [0.15, 0.2) is 0 Å². The van der Waals surface area contributed by atoms with E-state index in [-0.39, 0.29) is 5.56 Å². The van der Waals surface area contributed by atoms with Crippen molar-refractivity contribution in [3.63, 3.8) is 0 Å². The number of rotatable bonds is 5. The Morgan fingerprint density at radius 3 is 2.48 bits per heavy atom. The summed E-state index contributed by atoms with van der Waals surface area (Å²) in [6, 6.07) is 12.1. The Bertz CT molecular complexity index is 674. The average molecular weight is 404 g/mol. The van der Waals surface area contributed by atoms with E-state index in [0.717, 1.165) is 21.5 Å². The van der Waals surface area contributed by atoms with E-state index in [4.69, 9.17) is 0 Å². The summed E-state index contributed by atoms with van der Waals surface area (Å²) in [5, 5.41) is 2.62. The average Bonchev–Trinajstić information content (AvgIpc) is 2.52. The minimum atomic E-state index is -4.45. The maximum Gasteiger partial charge on any atom is 0.416 e. The van der Waals surface area contributed by atoms with E-state index >= 15 is 0 Å². The zero-order chi connectivity index (χ0) is 16.9. The van der Waals surface area contributed by atoms with Crippen molar-refractivity contribution >= 4 is 33.6 Å². The van der Waals surface area contributed by atoms with E-state index in [1.807, 2.05) is 24.3 Å². The van der Waals surface area contributed by atoms with Gasteiger partial charge in [-0.15, -0.1) is 11.8 Å². The van der Waals surface area contributed by atoms with Crippen LogP contribution in [0.2, 0.25) is 0 Å². The van der Waals surface area contributed by atoms with Gasteiger partial charge in [0, 0.05) is 27.2 Å². The molecule has 0 saturated carbocycles. The lowest BCUT2D eigenvalue weighted by molar-refractivity contribution is -0.137. The van der Waals surface area contributed by atoms with Crippen LogP contribution in [0.15, 0.2) is 57.9 Å². The van der Waals surface area contributed by atoms with Crippen molar-refractivity contribution in [1.82, 2.24) is 5.32 Å². The Morgan fingerprint density at radius 1 is 1.13 bits per heavy atom. The molecule has 0 bridgehead atoms. The molecule has 2 rings (SSSR count). The molecule has 0 aliphatic rings. The summed E-state index contributed by atoms with van der Waals surface area (Å²) in [7, 11) is 0. The maximum atomic E-state index is 12.6. The number of carbonyl (C=O) groups is 1. The molecule has 2 nitrogen and oxygen atoms in total. The standard InChI is InChI=1S/C16H13BrF3NOS/c17-13-4-6-14(7-5-13)23-9-8-21-15(22)11-2-1-3-12(10-11)16(18,19)20/h1-7,10H,8-9H2,(H,21,22). The third-order valence-electron chi connectivity index (χ3n) is 2.92. The maximum absolute atomic E-state index is 12.6. The smallest absolute Gasteiger partial charge is 0.351 e. The lowest BCUT2D eigenvalue weighted by atomic mass is 10.1. The molecule has 122 valence electrons. The lowest BCUT2D eigenvalue weighted by Gasteiger charge is -2.09. The molecule has 0 heterocycles. The molecule has 1 amide bonds. The van der Waals surface area contributed by atoms with Gasteiger partial charge in [0.2, 0.25) is 0 Å². The molecule has 0 atom stereocenters. The van der Waals surface area contributed by atoms with Crippen LogP contribution < -0.4 is 5.32 Å². The minimum absolute atomic E-state index is 0.00784. The van der Waals surface area contributed by atoms with Crippen LogP contribution in [0.5, 0.6) is 0 Å². The Morgan fingerprint density at radius 2 is 1.83 bits per heavy atom. The number of carbonyl (C=O) groups excluding carboxylic acids is 1. The van der Waals surface area contributed by atoms with Gasteiger partial charge in [-0.25, -0.2) is 0 Å². The van der Waals surface area contributed by atoms with Crippen LogP contribution in [0, 0.1) is 0 Å². The highest BCUT2D eigenvalue weighted by Gasteiger charge is 2.30. The van der Waals surface area contributed by atoms with Gasteiger partial charge in [0.1, 0.15) is 0 Å². The van der Waals surface area contributed by atoms with Crippen LogP contribution in [0.25, 0.3) is 0 Å². The molecule has 0 unspecified atom stereocenters. The molecule has 0 fully saturated rings. The number of hydrogen-bond donors (Lipinski definition) is 1. The number of amides is 1. The van der Waals surface area contributed by atoms with Gasteiger partial charge in [0.25, 0.3) is 5.91 Å². The summed E-state index contributed by atoms with van der Waals surface area (Å²) < 4.78 is 38.8. The van der Waals surface area contributed by atoms with Crippen molar-refractivity contribution in [3.8, 4) is 0 Å². The summed E-state index contributed by atoms with van der Waals surface area (Å²) in [6.07, 6.45) is -4.45. The number of hydrogen-bond acceptors (Lipinski definition) is 2. The number of alkyl halides is 3. The molecule has 0 spiro atoms. The van der Waals surface area contributed by atoms with Gasteiger partial charge in [-0.2, -0.15) is 13.2 Å². The van der Waals surface area contributed by atoms with E-state index in [1.54, 1.807) is 11.8 Å². The summed E-state index contributed by atoms with van der Waals surface area (Å²) in [4.78, 5) is 12.9. The molecule has 2 aromatic carbocycles. The molecule has 0 aliphatic carbocycles. The van der Waals surface area contributed by atoms with Crippen molar-refractivity contribution in [2.75, 3.05) is 12.3 Å². The van der Waals surface area contributed by atoms with Crippen LogP contribution in [0.1, 0.15) is 15.9 Å². The molecular formula is C16H13BrF3NOS. The van der Waals surface area contributed by atoms with E-state index in [1.165, 1.54) is 12.1 Å². The molecule has 0 radical (unpaired) electrons. The highest BCUT2D eigenvalue weighted by Crippen LogP contribution is 2.29. The first-order valence-electron chi connectivity index (χ1n) is 6.70. The minimum Gasteiger partial charge on any atom is -0.351 e. The van der Waals surface area contributed by atoms with Crippen molar-refractivity contribution < 1.29 is 18.0 Å². The highest BCUT2D eigenvalue weighted by molar-refractivity contribution is 9.10. The zero-order valence-corrected chi connectivity index (χ0v) is 14.3. The van der Waals surface area contributed by atoms with E-state index in [0.29, 0.717) is 12.3 Å². The van der Waals surface area contributed by atoms with E-state index < -0.39 is 17.6 Å². The van der Waals surface area contributed by atoms with Gasteiger partial charge in [-0.05, 0) is 42.5 Å². The number of nitrogens with one attached hydrogen (secondary N) is 1. The Hall–Kier alpha value is -1.47. The fourth-order valence-corrected chi connectivity index (χ4v) is 2.84. The Labute approximate surface area is 144 Å². The first-order chi connectivity index (χ1) is 10.9. The van der Waals surface area contributed by atoms with Crippen LogP contribution in [0.4, 0.5) is 13.2 Å². The van der Waals surface area contributed by atoms with Crippen molar-refractivity contribution in [2.24, 2.45) is 0 Å². The van der Waals surface area contributed by atoms with Crippen molar-refractivity contribution in [2.45, 2.75) is 11.1 Å². The number of thioether (sulfide) groups is 1. The molecule has 1 N–H and O–H groups in total. The molecule has 7 heteroatoms. The Balaban J connectivity index is 1.84. The number of benzene rings is 2. The predicted molar refractivity (Wildman–Crippen MR) is 88.6 cm³/mol. The van der Waals surface area contributed by atoms with Gasteiger partial charge < -0.3 is 5.32 Å². The van der Waals surface area contributed by atoms with Gasteiger partial charge in [0.05, 0.1) is 5.56 Å². The first kappa shape index (κ1) is 17.9. The topological polar surface area (TPSA) is 29.1 Å². The second-order valence-electron chi connectivity index (χ2n) is 4.64. The monoisotopic (exact) mass is 403 g/mol. The van der Waals surface area contributed by atoms with Crippen LogP contribution in [-0.2, 0) is 6.18 Å². The third kappa shape index (κ3) is 5.58. The quantitative estimate of drug-likeness (QED) is 0.562. The fraction of sp³-hybridized carbons (Fsp3) is 0.188. The Kier molecular flexibility index (Phi) is 6.12. The van der Waals surface area contributed by atoms with Crippen molar-refractivity contribution in [3.05, 3.63) is 64.1 Å². The third-order valence-corrected chi connectivity index (χ3v) is 4.46. The van der Waals surface area contributed by atoms with Crippen LogP contribution in [0.3, 0.4) is 0 Å². The largest absolute Gasteiger partial charge is 0.416 e. The molecule has 0 saturated heterocycles. The van der Waals surface area contributed by atoms with Crippen LogP contribution >= 0.6 is 27.7 Å². The zero-order valence-electron chi connectivity index (χ0n) is 11.9. The summed E-state index contributed by atoms with van der Waals surface area (Å²) in [5.41, 5.74) is -0.817. The SMILES string of the molecule is O=C(NCCSc1ccc(Br)cc1)c1cccc(C(F)(F)F)c1. The summed E-state index contributed by atoms with van der Waals surface area (Å²) in [5.74, 6) is 0.124. The normalized spacial score (nSPS) is 11.3. The van der Waals surface area contributed by atoms with Crippen LogP contribution in [-0.4, -0.2) is 18.2 Å². The second kappa shape index (κ2) is 7.88. The van der Waals surface area contributed by atoms with Crippen molar-refractivity contribution in [1.29, 1.82) is 0 Å². The molecule has 2 aromatic rings. The van der Waals surface area contributed by atoms with Gasteiger partial charge in [-0.1, -0.05) is 22.0 Å². The lowest BCUT2D eigenvalue weighted by Crippen LogP contribution is -2.26. The molecule has 23 heavy (non-hydrogen) atoms. The molecule has 0 aliphatic heterocycles. The molecular weight excluding hydrogens is 391 g/mol. The predicted octanol–water partition coefficient (Wildman–Crippen LogP) is 4.99. The second-order valence-corrected chi connectivity index (χ2v) is 6.72. The summed E-state index contributed by atoms with van der Waals surface area (Å²) in [6.45, 7) is 0.371. The fourth-order valence-electron chi connectivity index (χ4n) is 1.80. The van der Waals surface area contributed by atoms with E-state index in [2.05, 4.69) is 21.2 Å². The van der Waals surface area contributed by atoms with E-state index in [9.17, 15) is 18.0 Å².